The van der Waals surface area contributed by atoms with Gasteiger partial charge in [0, 0.05) is 12.2 Å². The summed E-state index contributed by atoms with van der Waals surface area (Å²) in [6, 6.07) is 4.78. The highest BCUT2D eigenvalue weighted by atomic mass is 32.1. The Balaban J connectivity index is 2.16. The van der Waals surface area contributed by atoms with Crippen LogP contribution in [0.15, 0.2) is 18.3 Å². The SMILES string of the molecule is CCCN1CCCC[C@@H]1c1ccc(=S)[nH]c1. The summed E-state index contributed by atoms with van der Waals surface area (Å²) in [7, 11) is 0. The topological polar surface area (TPSA) is 19.0 Å². The Morgan fingerprint density at radius 2 is 2.31 bits per heavy atom. The maximum absolute atomic E-state index is 5.08. The first-order chi connectivity index (χ1) is 7.81. The zero-order chi connectivity index (χ0) is 11.4. The lowest BCUT2D eigenvalue weighted by Crippen LogP contribution is -2.34. The molecule has 1 atom stereocenters. The summed E-state index contributed by atoms with van der Waals surface area (Å²) in [4.78, 5) is 5.75. The van der Waals surface area contributed by atoms with Crippen molar-refractivity contribution in [3.8, 4) is 0 Å². The van der Waals surface area contributed by atoms with Gasteiger partial charge in [-0.15, -0.1) is 0 Å². The van der Waals surface area contributed by atoms with Gasteiger partial charge in [-0.2, -0.15) is 0 Å². The van der Waals surface area contributed by atoms with Gasteiger partial charge >= 0.3 is 0 Å². The third kappa shape index (κ3) is 2.71. The summed E-state index contributed by atoms with van der Waals surface area (Å²) in [5.41, 5.74) is 1.39. The molecule has 1 aliphatic rings. The second-order valence-corrected chi connectivity index (χ2v) is 4.97. The van der Waals surface area contributed by atoms with Gasteiger partial charge in [0.2, 0.25) is 0 Å². The number of nitrogens with one attached hydrogen (secondary N) is 1. The van der Waals surface area contributed by atoms with Crippen LogP contribution in [0, 0.1) is 4.64 Å². The van der Waals surface area contributed by atoms with Crippen LogP contribution in [0.4, 0.5) is 0 Å². The number of likely N-dealkylation sites (tertiary alicyclic amines) is 1. The summed E-state index contributed by atoms with van der Waals surface area (Å²) in [6.45, 7) is 4.71. The van der Waals surface area contributed by atoms with Gasteiger partial charge in [-0.1, -0.05) is 31.6 Å². The quantitative estimate of drug-likeness (QED) is 0.807. The molecule has 0 bridgehead atoms. The second kappa shape index (κ2) is 5.60. The second-order valence-electron chi connectivity index (χ2n) is 4.53. The predicted molar refractivity (Wildman–Crippen MR) is 70.1 cm³/mol. The van der Waals surface area contributed by atoms with E-state index in [9.17, 15) is 0 Å². The first-order valence-electron chi connectivity index (χ1n) is 6.24. The monoisotopic (exact) mass is 236 g/mol. The van der Waals surface area contributed by atoms with Gasteiger partial charge in [0.15, 0.2) is 0 Å². The fraction of sp³-hybridized carbons (Fsp3) is 0.615. The lowest BCUT2D eigenvalue weighted by atomic mass is 9.96. The maximum atomic E-state index is 5.08. The van der Waals surface area contributed by atoms with E-state index in [0.717, 1.165) is 4.64 Å². The van der Waals surface area contributed by atoms with Crippen LogP contribution in [-0.2, 0) is 0 Å². The van der Waals surface area contributed by atoms with Crippen molar-refractivity contribution in [1.82, 2.24) is 9.88 Å². The van der Waals surface area contributed by atoms with Crippen LogP contribution in [0.25, 0.3) is 0 Å². The third-order valence-corrected chi connectivity index (χ3v) is 3.57. The molecule has 1 fully saturated rings. The molecule has 0 amide bonds. The van der Waals surface area contributed by atoms with Crippen molar-refractivity contribution >= 4 is 12.2 Å². The molecule has 88 valence electrons. The minimum atomic E-state index is 0.598. The van der Waals surface area contributed by atoms with Gasteiger partial charge in [0.25, 0.3) is 0 Å². The number of H-pyrrole nitrogens is 1. The zero-order valence-electron chi connectivity index (χ0n) is 9.91. The van der Waals surface area contributed by atoms with Gasteiger partial charge in [0.1, 0.15) is 4.64 Å². The number of pyridine rings is 1. The smallest absolute Gasteiger partial charge is 0.103 e. The Morgan fingerprint density at radius 3 is 3.00 bits per heavy atom. The molecule has 0 aromatic carbocycles. The number of piperidine rings is 1. The summed E-state index contributed by atoms with van der Waals surface area (Å²) >= 11 is 5.08. The van der Waals surface area contributed by atoms with Crippen LogP contribution in [0.2, 0.25) is 0 Å². The molecule has 3 heteroatoms. The van der Waals surface area contributed by atoms with E-state index in [1.807, 2.05) is 6.07 Å². The fourth-order valence-corrected chi connectivity index (χ4v) is 2.68. The minimum absolute atomic E-state index is 0.598. The average molecular weight is 236 g/mol. The van der Waals surface area contributed by atoms with Crippen LogP contribution in [-0.4, -0.2) is 23.0 Å². The van der Waals surface area contributed by atoms with E-state index >= 15 is 0 Å². The van der Waals surface area contributed by atoms with Crippen LogP contribution in [0.5, 0.6) is 0 Å². The first-order valence-corrected chi connectivity index (χ1v) is 6.65. The van der Waals surface area contributed by atoms with E-state index in [0.29, 0.717) is 6.04 Å². The van der Waals surface area contributed by atoms with E-state index in [4.69, 9.17) is 12.2 Å². The van der Waals surface area contributed by atoms with Gasteiger partial charge in [0.05, 0.1) is 0 Å². The fourth-order valence-electron chi connectivity index (χ4n) is 2.55. The minimum Gasteiger partial charge on any atom is -0.353 e. The first kappa shape index (κ1) is 11.8. The highest BCUT2D eigenvalue weighted by molar-refractivity contribution is 7.71. The molecule has 1 aromatic heterocycles. The van der Waals surface area contributed by atoms with Gasteiger partial charge in [-0.25, -0.2) is 0 Å². The van der Waals surface area contributed by atoms with E-state index in [-0.39, 0.29) is 0 Å². The molecule has 0 aliphatic carbocycles. The van der Waals surface area contributed by atoms with Gasteiger partial charge in [-0.3, -0.25) is 4.90 Å². The number of aromatic nitrogens is 1. The maximum Gasteiger partial charge on any atom is 0.103 e. The lowest BCUT2D eigenvalue weighted by molar-refractivity contribution is 0.149. The van der Waals surface area contributed by atoms with Crippen LogP contribution in [0.3, 0.4) is 0 Å². The van der Waals surface area contributed by atoms with E-state index < -0.39 is 0 Å². The number of nitrogens with zero attached hydrogens (tertiary/aromatic N) is 1. The standard InChI is InChI=1S/C13H20N2S/c1-2-8-15-9-4-3-5-12(15)11-6-7-13(16)14-10-11/h6-7,10,12H,2-5,8-9H2,1H3,(H,14,16)/t12-/m1/s1. The van der Waals surface area contributed by atoms with Gasteiger partial charge in [-0.05, 0) is 44.0 Å². The zero-order valence-corrected chi connectivity index (χ0v) is 10.7. The predicted octanol–water partition coefficient (Wildman–Crippen LogP) is 3.68. The van der Waals surface area contributed by atoms with E-state index in [1.165, 1.54) is 44.3 Å². The molecule has 1 N–H and O–H groups in total. The number of aromatic amines is 1. The number of hydrogen-bond acceptors (Lipinski definition) is 2. The highest BCUT2D eigenvalue weighted by Gasteiger charge is 2.22. The summed E-state index contributed by atoms with van der Waals surface area (Å²) in [6.07, 6.45) is 7.30. The number of hydrogen-bond donors (Lipinski definition) is 1. The Bertz CT molecular complexity index is 363. The Labute approximate surface area is 103 Å². The summed E-state index contributed by atoms with van der Waals surface area (Å²) in [5.74, 6) is 0. The molecule has 2 heterocycles. The molecule has 0 radical (unpaired) electrons. The van der Waals surface area contributed by atoms with Crippen LogP contribution >= 0.6 is 12.2 Å². The Morgan fingerprint density at radius 1 is 1.44 bits per heavy atom. The largest absolute Gasteiger partial charge is 0.353 e. The van der Waals surface area contributed by atoms with Crippen molar-refractivity contribution in [2.24, 2.45) is 0 Å². The molecule has 1 aromatic rings. The van der Waals surface area contributed by atoms with E-state index in [2.05, 4.69) is 29.1 Å². The average Bonchev–Trinajstić information content (AvgIpc) is 2.32. The summed E-state index contributed by atoms with van der Waals surface area (Å²) in [5, 5.41) is 0. The number of rotatable bonds is 3. The van der Waals surface area contributed by atoms with Crippen LogP contribution < -0.4 is 0 Å². The van der Waals surface area contributed by atoms with Crippen LogP contribution in [0.1, 0.15) is 44.2 Å². The van der Waals surface area contributed by atoms with E-state index in [1.54, 1.807) is 0 Å². The Hall–Kier alpha value is -0.670. The van der Waals surface area contributed by atoms with Crippen molar-refractivity contribution in [3.63, 3.8) is 0 Å². The van der Waals surface area contributed by atoms with Crippen molar-refractivity contribution in [1.29, 1.82) is 0 Å². The third-order valence-electron chi connectivity index (χ3n) is 3.32. The van der Waals surface area contributed by atoms with Crippen molar-refractivity contribution in [3.05, 3.63) is 28.5 Å². The molecular formula is C13H20N2S. The Kier molecular flexibility index (Phi) is 4.13. The molecule has 0 unspecified atom stereocenters. The molecule has 2 nitrogen and oxygen atoms in total. The summed E-state index contributed by atoms with van der Waals surface area (Å²) < 4.78 is 0.821. The van der Waals surface area contributed by atoms with Crippen molar-refractivity contribution in [2.45, 2.75) is 38.6 Å². The molecule has 0 saturated carbocycles. The molecule has 1 saturated heterocycles. The van der Waals surface area contributed by atoms with Crippen molar-refractivity contribution in [2.75, 3.05) is 13.1 Å². The molecular weight excluding hydrogens is 216 g/mol. The molecule has 0 spiro atoms. The lowest BCUT2D eigenvalue weighted by Gasteiger charge is -2.35. The molecule has 2 rings (SSSR count). The van der Waals surface area contributed by atoms with Gasteiger partial charge < -0.3 is 4.98 Å². The molecule has 16 heavy (non-hydrogen) atoms. The van der Waals surface area contributed by atoms with Crippen molar-refractivity contribution < 1.29 is 0 Å². The normalized spacial score (nSPS) is 22.2. The molecule has 1 aliphatic heterocycles. The highest BCUT2D eigenvalue weighted by Crippen LogP contribution is 2.30.